The predicted octanol–water partition coefficient (Wildman–Crippen LogP) is 3.13. The van der Waals surface area contributed by atoms with E-state index in [1.165, 1.54) is 28.2 Å². The van der Waals surface area contributed by atoms with Crippen molar-refractivity contribution in [2.45, 2.75) is 45.6 Å². The molecule has 0 aromatic carbocycles. The lowest BCUT2D eigenvalue weighted by Crippen LogP contribution is -2.24. The van der Waals surface area contributed by atoms with E-state index >= 15 is 0 Å². The van der Waals surface area contributed by atoms with Crippen LogP contribution in [0.4, 0.5) is 5.13 Å². The Labute approximate surface area is 152 Å². The van der Waals surface area contributed by atoms with Gasteiger partial charge in [-0.25, -0.2) is 9.97 Å². The monoisotopic (exact) mass is 374 g/mol. The molecule has 0 aliphatic heterocycles. The van der Waals surface area contributed by atoms with Gasteiger partial charge < -0.3 is 5.32 Å². The van der Waals surface area contributed by atoms with Gasteiger partial charge in [-0.3, -0.25) is 14.2 Å². The van der Waals surface area contributed by atoms with Crippen LogP contribution in [-0.2, 0) is 24.2 Å². The summed E-state index contributed by atoms with van der Waals surface area (Å²) in [5.41, 5.74) is 2.04. The number of rotatable bonds is 4. The molecule has 25 heavy (non-hydrogen) atoms. The van der Waals surface area contributed by atoms with Crippen LogP contribution in [-0.4, -0.2) is 20.4 Å². The highest BCUT2D eigenvalue weighted by Gasteiger charge is 2.20. The highest BCUT2D eigenvalue weighted by atomic mass is 32.1. The predicted molar refractivity (Wildman–Crippen MR) is 101 cm³/mol. The normalized spacial score (nSPS) is 13.8. The van der Waals surface area contributed by atoms with E-state index in [4.69, 9.17) is 0 Å². The van der Waals surface area contributed by atoms with Crippen LogP contribution in [0.5, 0.6) is 0 Å². The number of nitrogens with one attached hydrogen (secondary N) is 1. The van der Waals surface area contributed by atoms with Crippen molar-refractivity contribution in [2.24, 2.45) is 0 Å². The summed E-state index contributed by atoms with van der Waals surface area (Å²) in [4.78, 5) is 35.7. The number of amides is 1. The summed E-state index contributed by atoms with van der Waals surface area (Å²) in [6.45, 7) is 2.21. The first-order chi connectivity index (χ1) is 12.1. The van der Waals surface area contributed by atoms with Gasteiger partial charge >= 0.3 is 0 Å². The Morgan fingerprint density at radius 2 is 2.20 bits per heavy atom. The second-order valence-corrected chi connectivity index (χ2v) is 8.17. The highest BCUT2D eigenvalue weighted by molar-refractivity contribution is 7.18. The van der Waals surface area contributed by atoms with Crippen LogP contribution < -0.4 is 10.9 Å². The number of thiophene rings is 1. The largest absolute Gasteiger partial charge is 0.302 e. The molecule has 0 radical (unpaired) electrons. The summed E-state index contributed by atoms with van der Waals surface area (Å²) in [6.07, 6.45) is 6.10. The van der Waals surface area contributed by atoms with Crippen LogP contribution >= 0.6 is 22.7 Å². The second kappa shape index (κ2) is 6.68. The molecule has 130 valence electrons. The minimum absolute atomic E-state index is 0.0257. The van der Waals surface area contributed by atoms with Crippen LogP contribution in [0.15, 0.2) is 16.5 Å². The molecular weight excluding hydrogens is 356 g/mol. The number of aromatic nitrogens is 3. The minimum Gasteiger partial charge on any atom is -0.302 e. The fourth-order valence-electron chi connectivity index (χ4n) is 3.16. The van der Waals surface area contributed by atoms with Gasteiger partial charge in [-0.2, -0.15) is 0 Å². The average Bonchev–Trinajstić information content (AvgIpc) is 3.17. The van der Waals surface area contributed by atoms with Gasteiger partial charge in [-0.1, -0.05) is 0 Å². The Hall–Kier alpha value is -2.06. The number of hydrogen-bond donors (Lipinski definition) is 1. The van der Waals surface area contributed by atoms with Gasteiger partial charge in [0.2, 0.25) is 5.91 Å². The van der Waals surface area contributed by atoms with Crippen LogP contribution in [0.3, 0.4) is 0 Å². The standard InChI is InChI=1S/C17H18N4O2S2/c1-10-8-24-17(19-10)20-13(22)6-7-21-9-18-15-14(16(21)23)11-4-2-3-5-12(11)25-15/h8-9H,2-7H2,1H3,(H,19,20,22). The Morgan fingerprint density at radius 1 is 1.36 bits per heavy atom. The van der Waals surface area contributed by atoms with Gasteiger partial charge in [0.15, 0.2) is 5.13 Å². The summed E-state index contributed by atoms with van der Waals surface area (Å²) in [7, 11) is 0. The van der Waals surface area contributed by atoms with Crippen molar-refractivity contribution in [3.05, 3.63) is 38.2 Å². The zero-order chi connectivity index (χ0) is 17.4. The number of aryl methyl sites for hydroxylation is 4. The van der Waals surface area contributed by atoms with E-state index in [2.05, 4.69) is 15.3 Å². The Bertz CT molecular complexity index is 1000. The first kappa shape index (κ1) is 16.4. The third-order valence-corrected chi connectivity index (χ3v) is 6.46. The summed E-state index contributed by atoms with van der Waals surface area (Å²) < 4.78 is 1.55. The van der Waals surface area contributed by atoms with Crippen molar-refractivity contribution in [3.8, 4) is 0 Å². The zero-order valence-corrected chi connectivity index (χ0v) is 15.5. The lowest BCUT2D eigenvalue weighted by Gasteiger charge is -2.10. The van der Waals surface area contributed by atoms with E-state index in [-0.39, 0.29) is 17.9 Å². The first-order valence-electron chi connectivity index (χ1n) is 8.33. The van der Waals surface area contributed by atoms with E-state index in [9.17, 15) is 9.59 Å². The Balaban J connectivity index is 1.52. The summed E-state index contributed by atoms with van der Waals surface area (Å²) in [5.74, 6) is -0.145. The van der Waals surface area contributed by atoms with E-state index in [0.717, 1.165) is 35.2 Å². The molecule has 0 spiro atoms. The van der Waals surface area contributed by atoms with Gasteiger partial charge in [0.05, 0.1) is 17.4 Å². The lowest BCUT2D eigenvalue weighted by molar-refractivity contribution is -0.116. The number of anilines is 1. The molecule has 0 unspecified atom stereocenters. The number of hydrogen-bond acceptors (Lipinski definition) is 6. The third kappa shape index (κ3) is 3.23. The van der Waals surface area contributed by atoms with Gasteiger partial charge in [-0.05, 0) is 38.2 Å². The maximum Gasteiger partial charge on any atom is 0.262 e. The Kier molecular flexibility index (Phi) is 4.39. The molecular formula is C17H18N4O2S2. The maximum absolute atomic E-state index is 12.8. The molecule has 1 aliphatic rings. The fraction of sp³-hybridized carbons (Fsp3) is 0.412. The molecule has 1 N–H and O–H groups in total. The van der Waals surface area contributed by atoms with Crippen molar-refractivity contribution in [1.82, 2.24) is 14.5 Å². The summed E-state index contributed by atoms with van der Waals surface area (Å²) in [5, 5.41) is 6.01. The second-order valence-electron chi connectivity index (χ2n) is 6.23. The number of carbonyl (C=O) groups excluding carboxylic acids is 1. The van der Waals surface area contributed by atoms with Crippen LogP contribution in [0.25, 0.3) is 10.2 Å². The van der Waals surface area contributed by atoms with Gasteiger partial charge in [0.25, 0.3) is 5.56 Å². The molecule has 0 fully saturated rings. The quantitative estimate of drug-likeness (QED) is 0.761. The third-order valence-electron chi connectivity index (χ3n) is 4.39. The van der Waals surface area contributed by atoms with Crippen LogP contribution in [0.1, 0.15) is 35.4 Å². The molecule has 1 amide bonds. The van der Waals surface area contributed by atoms with Crippen molar-refractivity contribution >= 4 is 43.9 Å². The SMILES string of the molecule is Cc1csc(NC(=O)CCn2cnc3sc4c(c3c2=O)CCCC4)n1. The molecule has 0 saturated carbocycles. The van der Waals surface area contributed by atoms with E-state index in [1.807, 2.05) is 12.3 Å². The highest BCUT2D eigenvalue weighted by Crippen LogP contribution is 2.33. The zero-order valence-electron chi connectivity index (χ0n) is 13.9. The Morgan fingerprint density at radius 3 is 3.00 bits per heavy atom. The number of fused-ring (bicyclic) bond motifs is 3. The van der Waals surface area contributed by atoms with Crippen LogP contribution in [0, 0.1) is 6.92 Å². The van der Waals surface area contributed by atoms with Crippen molar-refractivity contribution in [2.75, 3.05) is 5.32 Å². The maximum atomic E-state index is 12.8. The number of thiazole rings is 1. The molecule has 0 atom stereocenters. The summed E-state index contributed by atoms with van der Waals surface area (Å²) >= 11 is 3.04. The van der Waals surface area contributed by atoms with Crippen molar-refractivity contribution in [1.29, 1.82) is 0 Å². The molecule has 4 rings (SSSR count). The molecule has 0 bridgehead atoms. The lowest BCUT2D eigenvalue weighted by atomic mass is 9.97. The molecule has 1 aliphatic carbocycles. The molecule has 8 heteroatoms. The smallest absolute Gasteiger partial charge is 0.262 e. The number of nitrogens with zero attached hydrogens (tertiary/aromatic N) is 3. The minimum atomic E-state index is -0.145. The molecule has 3 aromatic rings. The van der Waals surface area contributed by atoms with E-state index in [1.54, 1.807) is 22.2 Å². The molecule has 6 nitrogen and oxygen atoms in total. The van der Waals surface area contributed by atoms with Crippen molar-refractivity contribution < 1.29 is 4.79 Å². The van der Waals surface area contributed by atoms with E-state index < -0.39 is 0 Å². The van der Waals surface area contributed by atoms with Gasteiger partial charge in [0, 0.05) is 23.2 Å². The van der Waals surface area contributed by atoms with Crippen molar-refractivity contribution in [3.63, 3.8) is 0 Å². The van der Waals surface area contributed by atoms with Gasteiger partial charge in [-0.15, -0.1) is 22.7 Å². The summed E-state index contributed by atoms with van der Waals surface area (Å²) in [6, 6.07) is 0. The van der Waals surface area contributed by atoms with E-state index in [0.29, 0.717) is 11.7 Å². The van der Waals surface area contributed by atoms with Crippen LogP contribution in [0.2, 0.25) is 0 Å². The average molecular weight is 374 g/mol. The van der Waals surface area contributed by atoms with Gasteiger partial charge in [0.1, 0.15) is 4.83 Å². The number of carbonyl (C=O) groups is 1. The molecule has 0 saturated heterocycles. The topological polar surface area (TPSA) is 76.9 Å². The first-order valence-corrected chi connectivity index (χ1v) is 10.0. The fourth-order valence-corrected chi connectivity index (χ4v) is 5.08. The molecule has 3 aromatic heterocycles. The molecule has 3 heterocycles.